The minimum absolute atomic E-state index is 0.176. The highest BCUT2D eigenvalue weighted by Gasteiger charge is 2.16. The van der Waals surface area contributed by atoms with Crippen LogP contribution in [0.1, 0.15) is 26.3 Å². The van der Waals surface area contributed by atoms with Gasteiger partial charge in [0.2, 0.25) is 0 Å². The van der Waals surface area contributed by atoms with Crippen molar-refractivity contribution < 1.29 is 0 Å². The van der Waals surface area contributed by atoms with Gasteiger partial charge in [0.05, 0.1) is 10.5 Å². The Morgan fingerprint density at radius 3 is 2.57 bits per heavy atom. The minimum Gasteiger partial charge on any atom is -0.322 e. The number of hydrogen-bond donors (Lipinski definition) is 0. The molecule has 0 saturated carbocycles. The van der Waals surface area contributed by atoms with Gasteiger partial charge in [-0.05, 0) is 29.2 Å². The molecule has 2 heteroatoms. The van der Waals surface area contributed by atoms with Gasteiger partial charge in [-0.25, -0.2) is 0 Å². The van der Waals surface area contributed by atoms with Gasteiger partial charge < -0.3 is 4.40 Å². The van der Waals surface area contributed by atoms with Crippen molar-refractivity contribution in [3.63, 3.8) is 0 Å². The molecule has 0 saturated heterocycles. The number of rotatable bonds is 0. The van der Waals surface area contributed by atoms with Gasteiger partial charge in [-0.15, -0.1) is 0 Å². The smallest absolute Gasteiger partial charge is 0.0646 e. The van der Waals surface area contributed by atoms with E-state index in [0.717, 1.165) is 10.5 Å². The maximum Gasteiger partial charge on any atom is 0.0646 e. The van der Waals surface area contributed by atoms with Gasteiger partial charge in [0.25, 0.3) is 0 Å². The topological polar surface area (TPSA) is 4.41 Å². The number of pyridine rings is 1. The van der Waals surface area contributed by atoms with E-state index < -0.39 is 0 Å². The normalized spacial score (nSPS) is 12.3. The second-order valence-electron chi connectivity index (χ2n) is 4.63. The van der Waals surface area contributed by atoms with Crippen molar-refractivity contribution in [1.82, 2.24) is 4.40 Å². The van der Waals surface area contributed by atoms with E-state index in [1.807, 2.05) is 18.3 Å². The Kier molecular flexibility index (Phi) is 2.07. The second kappa shape index (κ2) is 3.03. The van der Waals surface area contributed by atoms with Gasteiger partial charge >= 0.3 is 0 Å². The predicted molar refractivity (Wildman–Crippen MR) is 61.1 cm³/mol. The van der Waals surface area contributed by atoms with Crippen LogP contribution in [0.4, 0.5) is 0 Å². The van der Waals surface area contributed by atoms with Crippen molar-refractivity contribution in [2.24, 2.45) is 0 Å². The van der Waals surface area contributed by atoms with Crippen LogP contribution in [-0.4, -0.2) is 4.40 Å². The van der Waals surface area contributed by atoms with Crippen LogP contribution in [0.3, 0.4) is 0 Å². The Labute approximate surface area is 89.3 Å². The summed E-state index contributed by atoms with van der Waals surface area (Å²) in [6, 6.07) is 6.04. The molecule has 1 nitrogen and oxygen atoms in total. The highest BCUT2D eigenvalue weighted by molar-refractivity contribution is 6.33. The maximum atomic E-state index is 6.10. The third-order valence-electron chi connectivity index (χ3n) is 2.45. The summed E-state index contributed by atoms with van der Waals surface area (Å²) >= 11 is 6.10. The van der Waals surface area contributed by atoms with Gasteiger partial charge in [0.15, 0.2) is 0 Å². The summed E-state index contributed by atoms with van der Waals surface area (Å²) in [5.41, 5.74) is 2.57. The summed E-state index contributed by atoms with van der Waals surface area (Å²) in [6.07, 6.45) is 4.16. The standard InChI is InChI=1S/C12H14ClN/c1-12(2,3)9-7-11-10(13)5-4-6-14(11)8-9/h4-8H,1-3H3. The fourth-order valence-corrected chi connectivity index (χ4v) is 1.73. The Balaban J connectivity index is 2.69. The van der Waals surface area contributed by atoms with E-state index in [4.69, 9.17) is 11.6 Å². The van der Waals surface area contributed by atoms with Gasteiger partial charge in [-0.3, -0.25) is 0 Å². The van der Waals surface area contributed by atoms with Gasteiger partial charge in [-0.2, -0.15) is 0 Å². The monoisotopic (exact) mass is 207 g/mol. The molecule has 0 amide bonds. The SMILES string of the molecule is CC(C)(C)c1cc2c(Cl)cccn2c1. The first-order valence-corrected chi connectivity index (χ1v) is 5.13. The van der Waals surface area contributed by atoms with E-state index in [1.165, 1.54) is 5.56 Å². The molecule has 0 spiro atoms. The van der Waals surface area contributed by atoms with E-state index in [2.05, 4.69) is 37.4 Å². The van der Waals surface area contributed by atoms with Gasteiger partial charge in [0.1, 0.15) is 0 Å². The van der Waals surface area contributed by atoms with Crippen molar-refractivity contribution in [2.45, 2.75) is 26.2 Å². The molecular weight excluding hydrogens is 194 g/mol. The van der Waals surface area contributed by atoms with Crippen LogP contribution < -0.4 is 0 Å². The zero-order valence-corrected chi connectivity index (χ0v) is 9.47. The molecule has 2 aromatic rings. The highest BCUT2D eigenvalue weighted by Crippen LogP contribution is 2.27. The zero-order chi connectivity index (χ0) is 10.3. The zero-order valence-electron chi connectivity index (χ0n) is 8.71. The molecule has 2 rings (SSSR count). The molecule has 0 aliphatic rings. The third kappa shape index (κ3) is 1.53. The molecule has 14 heavy (non-hydrogen) atoms. The largest absolute Gasteiger partial charge is 0.322 e. The Morgan fingerprint density at radius 1 is 1.29 bits per heavy atom. The second-order valence-corrected chi connectivity index (χ2v) is 5.03. The lowest BCUT2D eigenvalue weighted by Gasteiger charge is -2.15. The van der Waals surface area contributed by atoms with Crippen LogP contribution in [-0.2, 0) is 5.41 Å². The quantitative estimate of drug-likeness (QED) is 0.618. The molecule has 2 aromatic heterocycles. The molecule has 0 fully saturated rings. The van der Waals surface area contributed by atoms with Crippen molar-refractivity contribution in [3.8, 4) is 0 Å². The van der Waals surface area contributed by atoms with E-state index in [9.17, 15) is 0 Å². The lowest BCUT2D eigenvalue weighted by atomic mass is 9.89. The van der Waals surface area contributed by atoms with Crippen LogP contribution in [0.25, 0.3) is 5.52 Å². The van der Waals surface area contributed by atoms with E-state index in [1.54, 1.807) is 0 Å². The summed E-state index contributed by atoms with van der Waals surface area (Å²) in [5, 5.41) is 0.808. The highest BCUT2D eigenvalue weighted by atomic mass is 35.5. The molecule has 0 atom stereocenters. The fourth-order valence-electron chi connectivity index (χ4n) is 1.51. The molecule has 0 radical (unpaired) electrons. The molecular formula is C12H14ClN. The number of halogens is 1. The first kappa shape index (κ1) is 9.60. The van der Waals surface area contributed by atoms with Crippen LogP contribution in [0.2, 0.25) is 5.02 Å². The minimum atomic E-state index is 0.176. The molecule has 0 bridgehead atoms. The lowest BCUT2D eigenvalue weighted by Crippen LogP contribution is -2.09. The average molecular weight is 208 g/mol. The fraction of sp³-hybridized carbons (Fsp3) is 0.333. The third-order valence-corrected chi connectivity index (χ3v) is 2.77. The Hall–Kier alpha value is -0.950. The molecule has 0 unspecified atom stereocenters. The maximum absolute atomic E-state index is 6.10. The Bertz CT molecular complexity index is 463. The molecule has 2 heterocycles. The van der Waals surface area contributed by atoms with Gasteiger partial charge in [0, 0.05) is 12.4 Å². The Morgan fingerprint density at radius 2 is 2.00 bits per heavy atom. The molecule has 0 aliphatic heterocycles. The number of fused-ring (bicyclic) bond motifs is 1. The van der Waals surface area contributed by atoms with Crippen LogP contribution in [0.15, 0.2) is 30.6 Å². The van der Waals surface area contributed by atoms with E-state index >= 15 is 0 Å². The number of nitrogens with zero attached hydrogens (tertiary/aromatic N) is 1. The average Bonchev–Trinajstić information content (AvgIpc) is 2.48. The molecule has 74 valence electrons. The first-order chi connectivity index (χ1) is 6.48. The summed E-state index contributed by atoms with van der Waals surface area (Å²) < 4.78 is 2.07. The van der Waals surface area contributed by atoms with Gasteiger partial charge in [-0.1, -0.05) is 32.4 Å². The molecule has 0 aromatic carbocycles. The number of hydrogen-bond acceptors (Lipinski definition) is 0. The van der Waals surface area contributed by atoms with Crippen LogP contribution in [0, 0.1) is 0 Å². The lowest BCUT2D eigenvalue weighted by molar-refractivity contribution is 0.590. The van der Waals surface area contributed by atoms with E-state index in [0.29, 0.717) is 0 Å². The van der Waals surface area contributed by atoms with E-state index in [-0.39, 0.29) is 5.41 Å². The summed E-state index contributed by atoms with van der Waals surface area (Å²) in [6.45, 7) is 6.61. The van der Waals surface area contributed by atoms with Crippen molar-refractivity contribution in [3.05, 3.63) is 41.2 Å². The summed E-state index contributed by atoms with van der Waals surface area (Å²) in [5.74, 6) is 0. The van der Waals surface area contributed by atoms with Crippen molar-refractivity contribution in [1.29, 1.82) is 0 Å². The molecule has 0 N–H and O–H groups in total. The predicted octanol–water partition coefficient (Wildman–Crippen LogP) is 3.89. The van der Waals surface area contributed by atoms with Crippen molar-refractivity contribution >= 4 is 17.1 Å². The van der Waals surface area contributed by atoms with Crippen molar-refractivity contribution in [2.75, 3.05) is 0 Å². The summed E-state index contributed by atoms with van der Waals surface area (Å²) in [7, 11) is 0. The molecule has 0 aliphatic carbocycles. The van der Waals surface area contributed by atoms with Crippen LogP contribution in [0.5, 0.6) is 0 Å². The summed E-state index contributed by atoms with van der Waals surface area (Å²) in [4.78, 5) is 0. The van der Waals surface area contributed by atoms with Crippen LogP contribution >= 0.6 is 11.6 Å². The first-order valence-electron chi connectivity index (χ1n) is 4.75. The number of aromatic nitrogens is 1.